The van der Waals surface area contributed by atoms with Gasteiger partial charge in [-0.15, -0.1) is 0 Å². The number of carbonyl (C=O) groups excluding carboxylic acids is 1. The summed E-state index contributed by atoms with van der Waals surface area (Å²) in [7, 11) is 0. The molecule has 2 aromatic carbocycles. The summed E-state index contributed by atoms with van der Waals surface area (Å²) in [5.74, 6) is 0.482. The maximum atomic E-state index is 12.5. The number of nitrogens with one attached hydrogen (secondary N) is 1. The molecular weight excluding hydrogens is 384 g/mol. The van der Waals surface area contributed by atoms with Gasteiger partial charge >= 0.3 is 0 Å². The smallest absolute Gasteiger partial charge is 0.265 e. The fraction of sp³-hybridized carbons (Fsp3) is 0.316. The molecule has 1 heterocycles. The molecule has 1 N–H and O–H groups in total. The normalized spacial score (nSPS) is 15.5. The van der Waals surface area contributed by atoms with E-state index in [1.807, 2.05) is 48.5 Å². The first-order valence-electron chi connectivity index (χ1n) is 8.28. The number of nitrogens with zero attached hydrogens (tertiary/aromatic N) is 1. The number of amides is 1. The molecule has 0 unspecified atom stereocenters. The van der Waals surface area contributed by atoms with Crippen LogP contribution in [0.5, 0.6) is 5.75 Å². The van der Waals surface area contributed by atoms with Crippen molar-refractivity contribution in [2.45, 2.75) is 13.0 Å². The van der Waals surface area contributed by atoms with E-state index in [2.05, 4.69) is 26.1 Å². The van der Waals surface area contributed by atoms with Crippen molar-refractivity contribution < 1.29 is 14.3 Å². The quantitative estimate of drug-likeness (QED) is 0.825. The Labute approximate surface area is 156 Å². The maximum absolute atomic E-state index is 12.5. The molecule has 0 aromatic heterocycles. The number of para-hydroxylation sites is 2. The van der Waals surface area contributed by atoms with Gasteiger partial charge in [0.1, 0.15) is 5.75 Å². The third-order valence-electron chi connectivity index (χ3n) is 4.01. The number of hydrogen-bond acceptors (Lipinski definition) is 4. The first kappa shape index (κ1) is 17.8. The molecular formula is C19H21BrN2O3. The van der Waals surface area contributed by atoms with Gasteiger partial charge in [0.05, 0.1) is 24.6 Å². The Morgan fingerprint density at radius 2 is 1.84 bits per heavy atom. The fourth-order valence-corrected chi connectivity index (χ4v) is 2.93. The summed E-state index contributed by atoms with van der Waals surface area (Å²) < 4.78 is 12.1. The van der Waals surface area contributed by atoms with E-state index in [-0.39, 0.29) is 5.91 Å². The molecule has 1 fully saturated rings. The van der Waals surface area contributed by atoms with Crippen LogP contribution >= 0.6 is 15.9 Å². The predicted octanol–water partition coefficient (Wildman–Crippen LogP) is 3.69. The van der Waals surface area contributed by atoms with E-state index >= 15 is 0 Å². The van der Waals surface area contributed by atoms with Crippen molar-refractivity contribution in [3.05, 3.63) is 53.0 Å². The summed E-state index contributed by atoms with van der Waals surface area (Å²) in [5.41, 5.74) is 1.80. The molecule has 0 saturated carbocycles. The molecule has 132 valence electrons. The lowest BCUT2D eigenvalue weighted by molar-refractivity contribution is -0.122. The Bertz CT molecular complexity index is 715. The predicted molar refractivity (Wildman–Crippen MR) is 102 cm³/mol. The van der Waals surface area contributed by atoms with Crippen molar-refractivity contribution in [1.82, 2.24) is 0 Å². The number of anilines is 2. The summed E-state index contributed by atoms with van der Waals surface area (Å²) in [5, 5.41) is 2.98. The minimum Gasteiger partial charge on any atom is -0.481 e. The van der Waals surface area contributed by atoms with Crippen LogP contribution < -0.4 is 15.0 Å². The lowest BCUT2D eigenvalue weighted by atomic mass is 10.2. The molecule has 25 heavy (non-hydrogen) atoms. The van der Waals surface area contributed by atoms with Gasteiger partial charge in [-0.25, -0.2) is 0 Å². The van der Waals surface area contributed by atoms with Gasteiger partial charge < -0.3 is 19.7 Å². The molecule has 2 aromatic rings. The number of rotatable bonds is 5. The van der Waals surface area contributed by atoms with Crippen molar-refractivity contribution >= 4 is 33.2 Å². The molecule has 0 bridgehead atoms. The number of carbonyl (C=O) groups is 1. The second kappa shape index (κ2) is 8.36. The second-order valence-electron chi connectivity index (χ2n) is 5.82. The highest BCUT2D eigenvalue weighted by atomic mass is 79.9. The van der Waals surface area contributed by atoms with Crippen LogP contribution in [-0.2, 0) is 9.53 Å². The van der Waals surface area contributed by atoms with Crippen molar-refractivity contribution in [1.29, 1.82) is 0 Å². The lowest BCUT2D eigenvalue weighted by Crippen LogP contribution is -2.37. The first-order chi connectivity index (χ1) is 12.1. The standard InChI is InChI=1S/C19H21BrN2O3/c1-14(25-16-8-6-15(20)7-9-16)19(23)21-17-4-2-3-5-18(17)22-10-12-24-13-11-22/h2-9,14H,10-13H2,1H3,(H,21,23)/t14-/m0/s1. The lowest BCUT2D eigenvalue weighted by Gasteiger charge is -2.30. The van der Waals surface area contributed by atoms with E-state index in [1.165, 1.54) is 0 Å². The van der Waals surface area contributed by atoms with E-state index in [1.54, 1.807) is 6.92 Å². The monoisotopic (exact) mass is 404 g/mol. The summed E-state index contributed by atoms with van der Waals surface area (Å²) in [4.78, 5) is 14.8. The molecule has 5 nitrogen and oxygen atoms in total. The summed E-state index contributed by atoms with van der Waals surface area (Å²) >= 11 is 3.38. The van der Waals surface area contributed by atoms with Crippen LogP contribution in [-0.4, -0.2) is 38.3 Å². The second-order valence-corrected chi connectivity index (χ2v) is 6.74. The van der Waals surface area contributed by atoms with Crippen LogP contribution in [0.25, 0.3) is 0 Å². The van der Waals surface area contributed by atoms with Crippen molar-refractivity contribution in [2.24, 2.45) is 0 Å². The van der Waals surface area contributed by atoms with Crippen molar-refractivity contribution in [3.63, 3.8) is 0 Å². The third-order valence-corrected chi connectivity index (χ3v) is 4.54. The van der Waals surface area contributed by atoms with E-state index in [0.717, 1.165) is 28.9 Å². The maximum Gasteiger partial charge on any atom is 0.265 e. The molecule has 0 spiro atoms. The van der Waals surface area contributed by atoms with Crippen LogP contribution in [0.3, 0.4) is 0 Å². The Morgan fingerprint density at radius 3 is 2.56 bits per heavy atom. The van der Waals surface area contributed by atoms with Crippen LogP contribution in [0.1, 0.15) is 6.92 Å². The zero-order chi connectivity index (χ0) is 17.6. The molecule has 1 atom stereocenters. The molecule has 3 rings (SSSR count). The number of benzene rings is 2. The SMILES string of the molecule is C[C@H](Oc1ccc(Br)cc1)C(=O)Nc1ccccc1N1CCOCC1. The van der Waals surface area contributed by atoms with Crippen LogP contribution in [0.2, 0.25) is 0 Å². The topological polar surface area (TPSA) is 50.8 Å². The Kier molecular flexibility index (Phi) is 5.94. The minimum absolute atomic E-state index is 0.177. The van der Waals surface area contributed by atoms with Gasteiger partial charge in [-0.1, -0.05) is 28.1 Å². The van der Waals surface area contributed by atoms with Gasteiger partial charge in [-0.2, -0.15) is 0 Å². The fourth-order valence-electron chi connectivity index (χ4n) is 2.66. The van der Waals surface area contributed by atoms with Gasteiger partial charge in [0, 0.05) is 17.6 Å². The molecule has 1 amide bonds. The third kappa shape index (κ3) is 4.74. The van der Waals surface area contributed by atoms with Crippen LogP contribution in [0, 0.1) is 0 Å². The number of hydrogen-bond donors (Lipinski definition) is 1. The molecule has 0 radical (unpaired) electrons. The van der Waals surface area contributed by atoms with Crippen LogP contribution in [0.15, 0.2) is 53.0 Å². The summed E-state index contributed by atoms with van der Waals surface area (Å²) in [6, 6.07) is 15.2. The Balaban J connectivity index is 1.66. The largest absolute Gasteiger partial charge is 0.481 e. The average molecular weight is 405 g/mol. The average Bonchev–Trinajstić information content (AvgIpc) is 2.64. The van der Waals surface area contributed by atoms with Gasteiger partial charge in [0.15, 0.2) is 6.10 Å². The highest BCUT2D eigenvalue weighted by Gasteiger charge is 2.19. The van der Waals surface area contributed by atoms with E-state index in [0.29, 0.717) is 19.0 Å². The van der Waals surface area contributed by atoms with Gasteiger partial charge in [-0.3, -0.25) is 4.79 Å². The van der Waals surface area contributed by atoms with Gasteiger partial charge in [0.2, 0.25) is 0 Å². The molecule has 6 heteroatoms. The first-order valence-corrected chi connectivity index (χ1v) is 9.07. The van der Waals surface area contributed by atoms with E-state index in [4.69, 9.17) is 9.47 Å². The number of halogens is 1. The highest BCUT2D eigenvalue weighted by molar-refractivity contribution is 9.10. The summed E-state index contributed by atoms with van der Waals surface area (Å²) in [6.45, 7) is 4.78. The van der Waals surface area contributed by atoms with Crippen molar-refractivity contribution in [3.8, 4) is 5.75 Å². The minimum atomic E-state index is -0.598. The Hall–Kier alpha value is -2.05. The summed E-state index contributed by atoms with van der Waals surface area (Å²) in [6.07, 6.45) is -0.598. The number of ether oxygens (including phenoxy) is 2. The molecule has 1 aliphatic heterocycles. The molecule has 1 aliphatic rings. The van der Waals surface area contributed by atoms with Gasteiger partial charge in [0.25, 0.3) is 5.91 Å². The van der Waals surface area contributed by atoms with Gasteiger partial charge in [-0.05, 0) is 43.3 Å². The van der Waals surface area contributed by atoms with Crippen LogP contribution in [0.4, 0.5) is 11.4 Å². The highest BCUT2D eigenvalue weighted by Crippen LogP contribution is 2.26. The Morgan fingerprint density at radius 1 is 1.16 bits per heavy atom. The molecule has 1 saturated heterocycles. The molecule has 0 aliphatic carbocycles. The van der Waals surface area contributed by atoms with E-state index < -0.39 is 6.10 Å². The van der Waals surface area contributed by atoms with Crippen molar-refractivity contribution in [2.75, 3.05) is 36.5 Å². The van der Waals surface area contributed by atoms with E-state index in [9.17, 15) is 4.79 Å². The number of morpholine rings is 1. The zero-order valence-corrected chi connectivity index (χ0v) is 15.7. The zero-order valence-electron chi connectivity index (χ0n) is 14.1.